The molecule has 1 rings (SSSR count). The van der Waals surface area contributed by atoms with Crippen LogP contribution in [0.5, 0.6) is 0 Å². The smallest absolute Gasteiger partial charge is 0.194 e. The molecule has 1 aromatic carbocycles. The van der Waals surface area contributed by atoms with Crippen molar-refractivity contribution in [1.82, 2.24) is 0 Å². The van der Waals surface area contributed by atoms with Crippen LogP contribution in [0, 0.1) is 17.5 Å². The van der Waals surface area contributed by atoms with Gasteiger partial charge in [0.2, 0.25) is 0 Å². The van der Waals surface area contributed by atoms with Crippen LogP contribution in [0.3, 0.4) is 0 Å². The molecule has 0 aliphatic carbocycles. The van der Waals surface area contributed by atoms with E-state index in [1.165, 1.54) is 0 Å². The van der Waals surface area contributed by atoms with Gasteiger partial charge in [-0.1, -0.05) is 20.3 Å². The van der Waals surface area contributed by atoms with Crippen LogP contribution in [0.25, 0.3) is 0 Å². The maximum absolute atomic E-state index is 13.1. The molecule has 5 heteroatoms. The van der Waals surface area contributed by atoms with E-state index >= 15 is 0 Å². The lowest BCUT2D eigenvalue weighted by Gasteiger charge is -2.31. The second-order valence-corrected chi connectivity index (χ2v) is 5.58. The Morgan fingerprint density at radius 1 is 1.05 bits per heavy atom. The molecule has 0 fully saturated rings. The first-order valence-corrected chi connectivity index (χ1v) is 7.98. The SMILES string of the molecule is CCC(CC)(CCCCc1cc(F)c(F)c(F)c1)O[SiH3]. The lowest BCUT2D eigenvalue weighted by atomic mass is 9.90. The number of rotatable bonds is 8. The Morgan fingerprint density at radius 3 is 2.05 bits per heavy atom. The molecule has 0 unspecified atom stereocenters. The topological polar surface area (TPSA) is 9.23 Å². The Bertz CT molecular complexity index is 402. The minimum Gasteiger partial charge on any atom is -0.422 e. The van der Waals surface area contributed by atoms with Crippen LogP contribution in [0.15, 0.2) is 12.1 Å². The molecule has 0 aliphatic rings. The molecule has 0 saturated carbocycles. The highest BCUT2D eigenvalue weighted by atomic mass is 28.2. The van der Waals surface area contributed by atoms with Crippen molar-refractivity contribution in [2.24, 2.45) is 0 Å². The van der Waals surface area contributed by atoms with Gasteiger partial charge in [-0.2, -0.15) is 0 Å². The van der Waals surface area contributed by atoms with Crippen LogP contribution < -0.4 is 0 Å². The van der Waals surface area contributed by atoms with Gasteiger partial charge in [0, 0.05) is 0 Å². The van der Waals surface area contributed by atoms with Crippen molar-refractivity contribution in [2.75, 3.05) is 0 Å². The first-order valence-electron chi connectivity index (χ1n) is 7.16. The zero-order chi connectivity index (χ0) is 15.2. The highest BCUT2D eigenvalue weighted by molar-refractivity contribution is 5.98. The molecule has 0 saturated heterocycles. The Balaban J connectivity index is 2.49. The van der Waals surface area contributed by atoms with E-state index in [1.807, 2.05) is 0 Å². The molecule has 0 heterocycles. The Kier molecular flexibility index (Phi) is 6.75. The van der Waals surface area contributed by atoms with Crippen LogP contribution in [-0.2, 0) is 10.8 Å². The molecular weight excluding hydrogens is 281 g/mol. The summed E-state index contributed by atoms with van der Waals surface area (Å²) in [6.07, 6.45) is 5.22. The molecule has 0 spiro atoms. The van der Waals surface area contributed by atoms with E-state index < -0.39 is 17.5 Å². The summed E-state index contributed by atoms with van der Waals surface area (Å²) in [7, 11) is 0.715. The zero-order valence-electron chi connectivity index (χ0n) is 12.4. The average Bonchev–Trinajstić information content (AvgIpc) is 2.45. The van der Waals surface area contributed by atoms with Gasteiger partial charge in [0.15, 0.2) is 17.5 Å². The summed E-state index contributed by atoms with van der Waals surface area (Å²) >= 11 is 0. The molecule has 20 heavy (non-hydrogen) atoms. The van der Waals surface area contributed by atoms with Crippen molar-refractivity contribution in [1.29, 1.82) is 0 Å². The van der Waals surface area contributed by atoms with Gasteiger partial charge >= 0.3 is 0 Å². The fourth-order valence-corrected chi connectivity index (χ4v) is 3.30. The van der Waals surface area contributed by atoms with Crippen LogP contribution in [-0.4, -0.2) is 16.1 Å². The third-order valence-electron chi connectivity index (χ3n) is 4.11. The molecule has 1 nitrogen and oxygen atoms in total. The Morgan fingerprint density at radius 2 is 1.60 bits per heavy atom. The predicted molar refractivity (Wildman–Crippen MR) is 78.2 cm³/mol. The standard InChI is InChI=1S/C15H23F3OSi/c1-3-15(4-2,19-20)8-6-5-7-11-9-12(16)14(18)13(17)10-11/h9-10H,3-8H2,1-2,20H3. The second-order valence-electron chi connectivity index (χ2n) is 5.17. The highest BCUT2D eigenvalue weighted by Crippen LogP contribution is 2.26. The van der Waals surface area contributed by atoms with E-state index in [1.54, 1.807) is 0 Å². The molecule has 0 aromatic heterocycles. The fourth-order valence-electron chi connectivity index (χ4n) is 2.52. The third-order valence-corrected chi connectivity index (χ3v) is 4.98. The molecule has 0 radical (unpaired) electrons. The van der Waals surface area contributed by atoms with Crippen molar-refractivity contribution < 1.29 is 17.6 Å². The van der Waals surface area contributed by atoms with Gasteiger partial charge in [0.05, 0.1) is 5.60 Å². The van der Waals surface area contributed by atoms with Crippen LogP contribution in [0.1, 0.15) is 51.5 Å². The van der Waals surface area contributed by atoms with E-state index in [2.05, 4.69) is 13.8 Å². The van der Waals surface area contributed by atoms with Gasteiger partial charge in [-0.15, -0.1) is 0 Å². The van der Waals surface area contributed by atoms with E-state index in [9.17, 15) is 13.2 Å². The van der Waals surface area contributed by atoms with Gasteiger partial charge in [-0.25, -0.2) is 13.2 Å². The summed E-state index contributed by atoms with van der Waals surface area (Å²) < 4.78 is 44.7. The Hall–Kier alpha value is -0.813. The highest BCUT2D eigenvalue weighted by Gasteiger charge is 2.23. The van der Waals surface area contributed by atoms with E-state index in [0.29, 0.717) is 22.5 Å². The quantitative estimate of drug-likeness (QED) is 0.404. The molecule has 0 atom stereocenters. The first kappa shape index (κ1) is 17.2. The Labute approximate surface area is 122 Å². The van der Waals surface area contributed by atoms with Gasteiger partial charge in [0.25, 0.3) is 0 Å². The third kappa shape index (κ3) is 4.35. The number of halogens is 3. The van der Waals surface area contributed by atoms with E-state index in [4.69, 9.17) is 4.43 Å². The van der Waals surface area contributed by atoms with Crippen molar-refractivity contribution in [3.63, 3.8) is 0 Å². The normalized spacial score (nSPS) is 12.1. The second kappa shape index (κ2) is 7.83. The van der Waals surface area contributed by atoms with Crippen molar-refractivity contribution in [3.8, 4) is 0 Å². The maximum Gasteiger partial charge on any atom is 0.194 e. The molecule has 0 N–H and O–H groups in total. The summed E-state index contributed by atoms with van der Waals surface area (Å²) in [6, 6.07) is 2.16. The number of hydrogen-bond acceptors (Lipinski definition) is 1. The van der Waals surface area contributed by atoms with Crippen LogP contribution >= 0.6 is 0 Å². The predicted octanol–water partition coefficient (Wildman–Crippen LogP) is 3.67. The van der Waals surface area contributed by atoms with Crippen molar-refractivity contribution in [2.45, 2.75) is 58.0 Å². The van der Waals surface area contributed by atoms with E-state index in [-0.39, 0.29) is 5.60 Å². The molecular formula is C15H23F3OSi. The molecule has 114 valence electrons. The number of benzene rings is 1. The fraction of sp³-hybridized carbons (Fsp3) is 0.600. The molecule has 0 aliphatic heterocycles. The summed E-state index contributed by atoms with van der Waals surface area (Å²) in [6.45, 7) is 4.23. The molecule has 0 bridgehead atoms. The van der Waals surface area contributed by atoms with Gasteiger partial charge in [-0.3, -0.25) is 0 Å². The zero-order valence-corrected chi connectivity index (χ0v) is 14.4. The first-order chi connectivity index (χ1) is 9.48. The van der Waals surface area contributed by atoms with E-state index in [0.717, 1.165) is 44.2 Å². The molecule has 0 amide bonds. The van der Waals surface area contributed by atoms with Crippen LogP contribution in [0.2, 0.25) is 0 Å². The maximum atomic E-state index is 13.1. The number of hydrogen-bond donors (Lipinski definition) is 0. The number of unbranched alkanes of at least 4 members (excludes halogenated alkanes) is 1. The van der Waals surface area contributed by atoms with Crippen molar-refractivity contribution >= 4 is 10.5 Å². The van der Waals surface area contributed by atoms with Crippen LogP contribution in [0.4, 0.5) is 13.2 Å². The minimum absolute atomic E-state index is 0.0362. The lowest BCUT2D eigenvalue weighted by molar-refractivity contribution is 0.0585. The summed E-state index contributed by atoms with van der Waals surface area (Å²) in [5.74, 6) is -3.62. The summed E-state index contributed by atoms with van der Waals surface area (Å²) in [4.78, 5) is 0. The number of aryl methyl sites for hydroxylation is 1. The van der Waals surface area contributed by atoms with Gasteiger partial charge in [0.1, 0.15) is 10.5 Å². The minimum atomic E-state index is -1.39. The van der Waals surface area contributed by atoms with Gasteiger partial charge in [-0.05, 0) is 49.8 Å². The summed E-state index contributed by atoms with van der Waals surface area (Å²) in [5, 5.41) is 0. The average molecular weight is 304 g/mol. The summed E-state index contributed by atoms with van der Waals surface area (Å²) in [5.41, 5.74) is 0.470. The molecule has 1 aromatic rings. The lowest BCUT2D eigenvalue weighted by Crippen LogP contribution is -2.30. The monoisotopic (exact) mass is 304 g/mol. The largest absolute Gasteiger partial charge is 0.422 e. The van der Waals surface area contributed by atoms with Gasteiger partial charge < -0.3 is 4.43 Å². The van der Waals surface area contributed by atoms with Crippen molar-refractivity contribution in [3.05, 3.63) is 35.1 Å².